The Balaban J connectivity index is 2.10. The first-order chi connectivity index (χ1) is 9.15. The smallest absolute Gasteiger partial charge is 0.327 e. The predicted molar refractivity (Wildman–Crippen MR) is 72.3 cm³/mol. The van der Waals surface area contributed by atoms with Gasteiger partial charge in [0.25, 0.3) is 0 Å². The molecule has 0 aliphatic carbocycles. The number of nitrogen functional groups attached to an aromatic ring is 1. The lowest BCUT2D eigenvalue weighted by Crippen LogP contribution is -2.12. The number of aromatic nitrogens is 3. The number of rotatable bonds is 2. The standard InChI is InChI=1S/C13H12N4O2/c1-17-11-10(6-7-15-12(11)16-13(17)18)19-9-4-2-8(14)3-5-9/h2-7H,14H2,1H3,(H,15,16,18). The fourth-order valence-electron chi connectivity index (χ4n) is 1.88. The van der Waals surface area contributed by atoms with Crippen LogP contribution in [0.4, 0.5) is 5.69 Å². The Hall–Kier alpha value is -2.76. The Morgan fingerprint density at radius 3 is 2.74 bits per heavy atom. The molecular formula is C13H12N4O2. The van der Waals surface area contributed by atoms with Crippen molar-refractivity contribution < 1.29 is 4.74 Å². The molecule has 2 aromatic heterocycles. The molecule has 1 aromatic carbocycles. The number of fused-ring (bicyclic) bond motifs is 1. The Labute approximate surface area is 108 Å². The van der Waals surface area contributed by atoms with Crippen LogP contribution in [-0.4, -0.2) is 14.5 Å². The first-order valence-corrected chi connectivity index (χ1v) is 5.72. The van der Waals surface area contributed by atoms with Gasteiger partial charge in [0.1, 0.15) is 11.3 Å². The fourth-order valence-corrected chi connectivity index (χ4v) is 1.88. The van der Waals surface area contributed by atoms with Gasteiger partial charge in [-0.1, -0.05) is 0 Å². The molecule has 19 heavy (non-hydrogen) atoms. The third-order valence-electron chi connectivity index (χ3n) is 2.86. The highest BCUT2D eigenvalue weighted by molar-refractivity contribution is 5.78. The summed E-state index contributed by atoms with van der Waals surface area (Å²) in [7, 11) is 1.67. The summed E-state index contributed by atoms with van der Waals surface area (Å²) in [5.74, 6) is 1.21. The largest absolute Gasteiger partial charge is 0.455 e. The van der Waals surface area contributed by atoms with Gasteiger partial charge in [0.2, 0.25) is 0 Å². The van der Waals surface area contributed by atoms with Gasteiger partial charge in [-0.25, -0.2) is 9.78 Å². The summed E-state index contributed by atoms with van der Waals surface area (Å²) in [6.45, 7) is 0. The quantitative estimate of drug-likeness (QED) is 0.682. The van der Waals surface area contributed by atoms with E-state index < -0.39 is 0 Å². The molecule has 0 unspecified atom stereocenters. The minimum Gasteiger partial charge on any atom is -0.455 e. The van der Waals surface area contributed by atoms with Gasteiger partial charge in [-0.15, -0.1) is 0 Å². The van der Waals surface area contributed by atoms with Crippen molar-refractivity contribution in [1.29, 1.82) is 0 Å². The molecule has 0 saturated carbocycles. The second-order valence-electron chi connectivity index (χ2n) is 4.17. The van der Waals surface area contributed by atoms with Crippen molar-refractivity contribution in [3.8, 4) is 11.5 Å². The molecule has 3 aromatic rings. The number of imidazole rings is 1. The summed E-state index contributed by atoms with van der Waals surface area (Å²) < 4.78 is 7.23. The van der Waals surface area contributed by atoms with Crippen molar-refractivity contribution in [2.45, 2.75) is 0 Å². The van der Waals surface area contributed by atoms with E-state index in [0.29, 0.717) is 28.4 Å². The average molecular weight is 256 g/mol. The molecule has 0 aliphatic rings. The average Bonchev–Trinajstić information content (AvgIpc) is 2.69. The van der Waals surface area contributed by atoms with Gasteiger partial charge in [0.15, 0.2) is 11.4 Å². The number of ether oxygens (including phenoxy) is 1. The van der Waals surface area contributed by atoms with E-state index in [-0.39, 0.29) is 5.69 Å². The molecule has 0 aliphatic heterocycles. The van der Waals surface area contributed by atoms with E-state index >= 15 is 0 Å². The van der Waals surface area contributed by atoms with E-state index in [1.165, 1.54) is 4.57 Å². The van der Waals surface area contributed by atoms with E-state index in [0.717, 1.165) is 0 Å². The van der Waals surface area contributed by atoms with E-state index in [4.69, 9.17) is 10.5 Å². The number of hydrogen-bond acceptors (Lipinski definition) is 4. The van der Waals surface area contributed by atoms with E-state index in [9.17, 15) is 4.79 Å². The van der Waals surface area contributed by atoms with Gasteiger partial charge in [-0.3, -0.25) is 9.55 Å². The first-order valence-electron chi connectivity index (χ1n) is 5.72. The zero-order valence-corrected chi connectivity index (χ0v) is 10.3. The summed E-state index contributed by atoms with van der Waals surface area (Å²) in [6, 6.07) is 8.76. The highest BCUT2D eigenvalue weighted by atomic mass is 16.5. The molecule has 0 bridgehead atoms. The van der Waals surface area contributed by atoms with E-state index in [1.54, 1.807) is 43.6 Å². The van der Waals surface area contributed by atoms with Gasteiger partial charge in [0, 0.05) is 25.0 Å². The predicted octanol–water partition coefficient (Wildman–Crippen LogP) is 1.64. The lowest BCUT2D eigenvalue weighted by molar-refractivity contribution is 0.485. The van der Waals surface area contributed by atoms with Crippen LogP contribution in [-0.2, 0) is 7.05 Å². The van der Waals surface area contributed by atoms with Crippen LogP contribution in [0.15, 0.2) is 41.3 Å². The maximum absolute atomic E-state index is 11.6. The van der Waals surface area contributed by atoms with Gasteiger partial charge in [-0.05, 0) is 24.3 Å². The number of anilines is 1. The molecule has 0 amide bonds. The lowest BCUT2D eigenvalue weighted by Gasteiger charge is -2.07. The molecule has 2 heterocycles. The van der Waals surface area contributed by atoms with Crippen LogP contribution in [0.25, 0.3) is 11.2 Å². The molecule has 0 spiro atoms. The Morgan fingerprint density at radius 2 is 2.00 bits per heavy atom. The summed E-state index contributed by atoms with van der Waals surface area (Å²) >= 11 is 0. The Bertz CT molecular complexity index is 787. The van der Waals surface area contributed by atoms with Gasteiger partial charge >= 0.3 is 5.69 Å². The van der Waals surface area contributed by atoms with E-state index in [2.05, 4.69) is 9.97 Å². The zero-order valence-electron chi connectivity index (χ0n) is 10.3. The van der Waals surface area contributed by atoms with Crippen molar-refractivity contribution in [3.63, 3.8) is 0 Å². The normalized spacial score (nSPS) is 10.8. The van der Waals surface area contributed by atoms with Gasteiger partial charge in [-0.2, -0.15) is 0 Å². The maximum Gasteiger partial charge on any atom is 0.327 e. The maximum atomic E-state index is 11.6. The van der Waals surface area contributed by atoms with E-state index in [1.807, 2.05) is 0 Å². The highest BCUT2D eigenvalue weighted by Crippen LogP contribution is 2.27. The van der Waals surface area contributed by atoms with Crippen LogP contribution in [0.3, 0.4) is 0 Å². The number of aromatic amines is 1. The molecule has 6 nitrogen and oxygen atoms in total. The van der Waals surface area contributed by atoms with Crippen LogP contribution < -0.4 is 16.2 Å². The topological polar surface area (TPSA) is 85.9 Å². The molecule has 0 fully saturated rings. The molecule has 0 radical (unpaired) electrons. The molecule has 3 N–H and O–H groups in total. The Morgan fingerprint density at radius 1 is 1.26 bits per heavy atom. The van der Waals surface area contributed by atoms with Crippen molar-refractivity contribution in [2.24, 2.45) is 7.05 Å². The summed E-state index contributed by atoms with van der Waals surface area (Å²) in [5, 5.41) is 0. The molecule has 0 atom stereocenters. The van der Waals surface area contributed by atoms with Crippen LogP contribution in [0.1, 0.15) is 0 Å². The minimum absolute atomic E-state index is 0.226. The second kappa shape index (κ2) is 4.16. The first kappa shape index (κ1) is 11.3. The van der Waals surface area contributed by atoms with Crippen molar-refractivity contribution >= 4 is 16.9 Å². The third kappa shape index (κ3) is 1.93. The summed E-state index contributed by atoms with van der Waals surface area (Å²) in [5.41, 5.74) is 7.19. The van der Waals surface area contributed by atoms with Crippen LogP contribution >= 0.6 is 0 Å². The van der Waals surface area contributed by atoms with Gasteiger partial charge < -0.3 is 10.5 Å². The van der Waals surface area contributed by atoms with Crippen molar-refractivity contribution in [3.05, 3.63) is 47.0 Å². The number of pyridine rings is 1. The molecule has 6 heteroatoms. The number of nitrogens with two attached hydrogens (primary N) is 1. The molecule has 3 rings (SSSR count). The number of nitrogens with zero attached hydrogens (tertiary/aromatic N) is 2. The van der Waals surface area contributed by atoms with Gasteiger partial charge in [0.05, 0.1) is 0 Å². The summed E-state index contributed by atoms with van der Waals surface area (Å²) in [4.78, 5) is 18.3. The monoisotopic (exact) mass is 256 g/mol. The Kier molecular flexibility index (Phi) is 2.49. The number of nitrogens with one attached hydrogen (secondary N) is 1. The number of aryl methyl sites for hydroxylation is 1. The zero-order chi connectivity index (χ0) is 13.4. The fraction of sp³-hybridized carbons (Fsp3) is 0.0769. The van der Waals surface area contributed by atoms with Crippen molar-refractivity contribution in [2.75, 3.05) is 5.73 Å². The van der Waals surface area contributed by atoms with Crippen LogP contribution in [0.5, 0.6) is 11.5 Å². The number of benzene rings is 1. The molecule has 96 valence electrons. The third-order valence-corrected chi connectivity index (χ3v) is 2.86. The summed E-state index contributed by atoms with van der Waals surface area (Å²) in [6.07, 6.45) is 1.59. The SMILES string of the molecule is Cn1c(=O)[nH]c2nccc(Oc3ccc(N)cc3)c21. The van der Waals surface area contributed by atoms with Crippen molar-refractivity contribution in [1.82, 2.24) is 14.5 Å². The van der Waals surface area contributed by atoms with Crippen LogP contribution in [0.2, 0.25) is 0 Å². The second-order valence-corrected chi connectivity index (χ2v) is 4.17. The minimum atomic E-state index is -0.226. The lowest BCUT2D eigenvalue weighted by atomic mass is 10.3. The number of hydrogen-bond donors (Lipinski definition) is 2. The molecule has 0 saturated heterocycles. The highest BCUT2D eigenvalue weighted by Gasteiger charge is 2.10. The molecular weight excluding hydrogens is 244 g/mol. The number of H-pyrrole nitrogens is 1. The van der Waals surface area contributed by atoms with Crippen LogP contribution in [0, 0.1) is 0 Å².